The number of ether oxygens (including phenoxy) is 1. The Bertz CT molecular complexity index is 950. The molecular weight excluding hydrogens is 410 g/mol. The molecular formula is C20H29N3O4S2. The van der Waals surface area contributed by atoms with Crippen LogP contribution in [-0.2, 0) is 26.1 Å². The summed E-state index contributed by atoms with van der Waals surface area (Å²) in [4.78, 5) is 16.8. The highest BCUT2D eigenvalue weighted by Gasteiger charge is 2.26. The van der Waals surface area contributed by atoms with Gasteiger partial charge in [-0.2, -0.15) is 4.31 Å². The van der Waals surface area contributed by atoms with Gasteiger partial charge in [0.15, 0.2) is 5.16 Å². The Kier molecular flexibility index (Phi) is 7.59. The number of carbonyl (C=O) groups excluding carboxylic acids is 1. The van der Waals surface area contributed by atoms with E-state index in [0.29, 0.717) is 36.9 Å². The summed E-state index contributed by atoms with van der Waals surface area (Å²) >= 11 is 1.32. The maximum atomic E-state index is 13.0. The highest BCUT2D eigenvalue weighted by Crippen LogP contribution is 2.28. The SMILES string of the molecule is CCCCOC(=O)CSc1nc2cc(S(=O)(=O)N3CCCCC3)ccc2n1CC. The summed E-state index contributed by atoms with van der Waals surface area (Å²) in [6.45, 7) is 6.32. The zero-order chi connectivity index (χ0) is 20.9. The van der Waals surface area contributed by atoms with Crippen LogP contribution < -0.4 is 0 Å². The molecule has 0 amide bonds. The first-order chi connectivity index (χ1) is 14.0. The van der Waals surface area contributed by atoms with Crippen LogP contribution >= 0.6 is 11.8 Å². The highest BCUT2D eigenvalue weighted by molar-refractivity contribution is 7.99. The van der Waals surface area contributed by atoms with Crippen molar-refractivity contribution in [2.24, 2.45) is 0 Å². The molecule has 1 aliphatic heterocycles. The van der Waals surface area contributed by atoms with Crippen LogP contribution in [0.4, 0.5) is 0 Å². The lowest BCUT2D eigenvalue weighted by Crippen LogP contribution is -2.35. The average Bonchev–Trinajstić information content (AvgIpc) is 3.09. The standard InChI is InChI=1S/C20H29N3O4S2/c1-3-5-13-27-19(24)15-28-20-21-17-14-16(9-10-18(17)23(20)4-2)29(25,26)22-11-7-6-8-12-22/h9-10,14H,3-8,11-13,15H2,1-2H3. The number of nitrogens with zero attached hydrogens (tertiary/aromatic N) is 3. The third kappa shape index (κ3) is 5.13. The lowest BCUT2D eigenvalue weighted by molar-refractivity contribution is -0.140. The number of aryl methyl sites for hydroxylation is 1. The number of unbranched alkanes of at least 4 members (excludes halogenated alkanes) is 1. The van der Waals surface area contributed by atoms with E-state index in [2.05, 4.69) is 4.98 Å². The number of benzene rings is 1. The summed E-state index contributed by atoms with van der Waals surface area (Å²) in [6, 6.07) is 5.12. The molecule has 0 N–H and O–H groups in total. The van der Waals surface area contributed by atoms with E-state index in [9.17, 15) is 13.2 Å². The van der Waals surface area contributed by atoms with Crippen molar-refractivity contribution in [3.8, 4) is 0 Å². The zero-order valence-electron chi connectivity index (χ0n) is 17.1. The molecule has 1 fully saturated rings. The van der Waals surface area contributed by atoms with Crippen molar-refractivity contribution in [3.05, 3.63) is 18.2 Å². The number of sulfonamides is 1. The van der Waals surface area contributed by atoms with Gasteiger partial charge in [-0.25, -0.2) is 13.4 Å². The Labute approximate surface area is 176 Å². The van der Waals surface area contributed by atoms with Crippen molar-refractivity contribution < 1.29 is 17.9 Å². The van der Waals surface area contributed by atoms with Crippen LogP contribution in [0.5, 0.6) is 0 Å². The van der Waals surface area contributed by atoms with Crippen LogP contribution in [0.2, 0.25) is 0 Å². The first kappa shape index (κ1) is 22.1. The van der Waals surface area contributed by atoms with Crippen molar-refractivity contribution in [2.45, 2.75) is 62.5 Å². The molecule has 0 unspecified atom stereocenters. The quantitative estimate of drug-likeness (QED) is 0.337. The Morgan fingerprint density at radius 3 is 2.66 bits per heavy atom. The van der Waals surface area contributed by atoms with Crippen LogP contribution in [0, 0.1) is 0 Å². The number of rotatable bonds is 9. The number of piperidine rings is 1. The Morgan fingerprint density at radius 2 is 1.97 bits per heavy atom. The van der Waals surface area contributed by atoms with E-state index >= 15 is 0 Å². The van der Waals surface area contributed by atoms with Crippen molar-refractivity contribution in [1.29, 1.82) is 0 Å². The fourth-order valence-electron chi connectivity index (χ4n) is 3.41. The summed E-state index contributed by atoms with van der Waals surface area (Å²) < 4.78 is 34.7. The topological polar surface area (TPSA) is 81.5 Å². The van der Waals surface area contributed by atoms with Gasteiger partial charge in [-0.05, 0) is 44.4 Å². The molecule has 7 nitrogen and oxygen atoms in total. The number of esters is 1. The molecule has 0 radical (unpaired) electrons. The lowest BCUT2D eigenvalue weighted by Gasteiger charge is -2.25. The number of imidazole rings is 1. The first-order valence-corrected chi connectivity index (χ1v) is 12.7. The third-order valence-electron chi connectivity index (χ3n) is 5.03. The fourth-order valence-corrected chi connectivity index (χ4v) is 5.83. The lowest BCUT2D eigenvalue weighted by atomic mass is 10.2. The second-order valence-corrected chi connectivity index (χ2v) is 10.00. The van der Waals surface area contributed by atoms with Crippen LogP contribution in [0.15, 0.2) is 28.3 Å². The minimum atomic E-state index is -3.50. The number of thioether (sulfide) groups is 1. The van der Waals surface area contributed by atoms with E-state index in [1.807, 2.05) is 24.5 Å². The van der Waals surface area contributed by atoms with E-state index < -0.39 is 10.0 Å². The second kappa shape index (κ2) is 9.95. The van der Waals surface area contributed by atoms with Gasteiger partial charge in [0, 0.05) is 19.6 Å². The molecule has 0 atom stereocenters. The van der Waals surface area contributed by atoms with Gasteiger partial charge in [0.2, 0.25) is 10.0 Å². The molecule has 3 rings (SSSR count). The normalized spacial score (nSPS) is 15.7. The van der Waals surface area contributed by atoms with E-state index in [1.165, 1.54) is 11.8 Å². The maximum absolute atomic E-state index is 13.0. The van der Waals surface area contributed by atoms with Crippen LogP contribution in [0.1, 0.15) is 46.0 Å². The Morgan fingerprint density at radius 1 is 1.21 bits per heavy atom. The van der Waals surface area contributed by atoms with Crippen LogP contribution in [0.25, 0.3) is 11.0 Å². The van der Waals surface area contributed by atoms with Gasteiger partial charge in [-0.15, -0.1) is 0 Å². The predicted octanol–water partition coefficient (Wildman–Crippen LogP) is 3.67. The molecule has 0 aliphatic carbocycles. The molecule has 160 valence electrons. The van der Waals surface area contributed by atoms with E-state index in [-0.39, 0.29) is 16.6 Å². The molecule has 0 bridgehead atoms. The first-order valence-electron chi connectivity index (χ1n) is 10.3. The summed E-state index contributed by atoms with van der Waals surface area (Å²) in [5.74, 6) is -0.0714. The monoisotopic (exact) mass is 439 g/mol. The van der Waals surface area contributed by atoms with E-state index in [0.717, 1.165) is 37.6 Å². The van der Waals surface area contributed by atoms with Gasteiger partial charge in [0.05, 0.1) is 28.3 Å². The largest absolute Gasteiger partial charge is 0.465 e. The number of hydrogen-bond donors (Lipinski definition) is 0. The number of carbonyl (C=O) groups is 1. The van der Waals surface area contributed by atoms with Gasteiger partial charge >= 0.3 is 5.97 Å². The smallest absolute Gasteiger partial charge is 0.316 e. The number of fused-ring (bicyclic) bond motifs is 1. The molecule has 2 aromatic rings. The third-order valence-corrected chi connectivity index (χ3v) is 7.88. The predicted molar refractivity (Wildman–Crippen MR) is 115 cm³/mol. The number of aromatic nitrogens is 2. The van der Waals surface area contributed by atoms with Gasteiger partial charge in [-0.3, -0.25) is 4.79 Å². The molecule has 1 aliphatic rings. The summed E-state index contributed by atoms with van der Waals surface area (Å²) in [6.07, 6.45) is 4.72. The second-order valence-electron chi connectivity index (χ2n) is 7.12. The molecule has 29 heavy (non-hydrogen) atoms. The van der Waals surface area contributed by atoms with Gasteiger partial charge in [0.25, 0.3) is 0 Å². The average molecular weight is 440 g/mol. The molecule has 1 aromatic carbocycles. The van der Waals surface area contributed by atoms with Gasteiger partial charge in [0.1, 0.15) is 0 Å². The molecule has 0 saturated carbocycles. The molecule has 9 heteroatoms. The summed E-state index contributed by atoms with van der Waals surface area (Å²) in [5.41, 5.74) is 1.50. The Balaban J connectivity index is 1.79. The maximum Gasteiger partial charge on any atom is 0.316 e. The zero-order valence-corrected chi connectivity index (χ0v) is 18.7. The Hall–Kier alpha value is -1.58. The highest BCUT2D eigenvalue weighted by atomic mass is 32.2. The van der Waals surface area contributed by atoms with Crippen molar-refractivity contribution >= 4 is 38.8 Å². The number of hydrogen-bond acceptors (Lipinski definition) is 6. The molecule has 1 saturated heterocycles. The van der Waals surface area contributed by atoms with Crippen molar-refractivity contribution in [2.75, 3.05) is 25.4 Å². The van der Waals surface area contributed by atoms with Gasteiger partial charge < -0.3 is 9.30 Å². The molecule has 1 aromatic heterocycles. The summed E-state index contributed by atoms with van der Waals surface area (Å²) in [7, 11) is -3.50. The minimum absolute atomic E-state index is 0.186. The van der Waals surface area contributed by atoms with Crippen LogP contribution in [0.3, 0.4) is 0 Å². The van der Waals surface area contributed by atoms with Crippen molar-refractivity contribution in [3.63, 3.8) is 0 Å². The van der Waals surface area contributed by atoms with Crippen LogP contribution in [-0.4, -0.2) is 53.7 Å². The molecule has 2 heterocycles. The van der Waals surface area contributed by atoms with E-state index in [4.69, 9.17) is 4.74 Å². The van der Waals surface area contributed by atoms with Gasteiger partial charge in [-0.1, -0.05) is 31.5 Å². The fraction of sp³-hybridized carbons (Fsp3) is 0.600. The van der Waals surface area contributed by atoms with E-state index in [1.54, 1.807) is 16.4 Å². The summed E-state index contributed by atoms with van der Waals surface area (Å²) in [5, 5.41) is 0.697. The minimum Gasteiger partial charge on any atom is -0.465 e. The van der Waals surface area contributed by atoms with Crippen molar-refractivity contribution in [1.82, 2.24) is 13.9 Å². The molecule has 0 spiro atoms.